The molecule has 0 amide bonds. The fourth-order valence-corrected chi connectivity index (χ4v) is 6.25. The van der Waals surface area contributed by atoms with E-state index in [1.165, 1.54) is 34.4 Å². The van der Waals surface area contributed by atoms with Crippen molar-refractivity contribution < 1.29 is 62.2 Å². The van der Waals surface area contributed by atoms with Gasteiger partial charge in [0.05, 0.1) is 25.9 Å². The molecule has 4 aromatic rings. The lowest BCUT2D eigenvalue weighted by atomic mass is 10.1. The Labute approximate surface area is 250 Å². The zero-order valence-electron chi connectivity index (χ0n) is 22.5. The van der Waals surface area contributed by atoms with Crippen LogP contribution >= 0.6 is 15.6 Å². The summed E-state index contributed by atoms with van der Waals surface area (Å²) in [7, 11) is -8.88. The van der Waals surface area contributed by atoms with Crippen molar-refractivity contribution in [3.8, 4) is 0 Å². The highest BCUT2D eigenvalue weighted by Crippen LogP contribution is 2.52. The van der Waals surface area contributed by atoms with Crippen molar-refractivity contribution in [1.29, 1.82) is 0 Å². The van der Waals surface area contributed by atoms with E-state index in [9.17, 15) is 29.3 Å². The van der Waals surface area contributed by atoms with Crippen LogP contribution in [0.4, 0.5) is 11.6 Å². The highest BCUT2D eigenvalue weighted by atomic mass is 31.2. The summed E-state index contributed by atoms with van der Waals surface area (Å²) < 4.78 is 50.0. The third-order valence-electron chi connectivity index (χ3n) is 7.03. The molecule has 23 nitrogen and oxygen atoms in total. The third-order valence-corrected chi connectivity index (χ3v) is 8.50. The number of hydrogen-bond acceptors (Lipinski definition) is 18. The van der Waals surface area contributed by atoms with Gasteiger partial charge in [0, 0.05) is 0 Å². The Bertz CT molecular complexity index is 1800. The molecule has 0 spiro atoms. The van der Waals surface area contributed by atoms with Crippen LogP contribution in [-0.2, 0) is 32.2 Å². The van der Waals surface area contributed by atoms with Gasteiger partial charge in [-0.3, -0.25) is 22.7 Å². The van der Waals surface area contributed by atoms with Crippen molar-refractivity contribution in [3.05, 3.63) is 25.3 Å². The number of aliphatic hydroxyl groups excluding tert-OH is 3. The van der Waals surface area contributed by atoms with Crippen LogP contribution in [0.25, 0.3) is 22.3 Å². The summed E-state index contributed by atoms with van der Waals surface area (Å²) in [6, 6.07) is 0. The molecule has 0 radical (unpaired) electrons. The van der Waals surface area contributed by atoms with E-state index in [1.807, 2.05) is 0 Å². The lowest BCUT2D eigenvalue weighted by Gasteiger charge is -2.27. The fraction of sp³-hybridized carbons (Fsp3) is 0.500. The number of phosphoric acid groups is 2. The number of aliphatic hydroxyl groups is 3. The molecule has 0 saturated carbocycles. The number of nitrogens with zero attached hydrogens (tertiary/aromatic N) is 8. The number of fused-ring (bicyclic) bond motifs is 3. The molecule has 10 N–H and O–H groups in total. The summed E-state index contributed by atoms with van der Waals surface area (Å²) in [5.41, 5.74) is 12.7. The standard InChI is InChI=1S/C10H14N5O7P.C10H12N5O6P/c11-8-5-9(13-2-12-8)15(3-14-5)10-7(17)6(16)4(22-10)1-21-23(18,19)20;11-8-5-9(13-2-12-8)15(3-14-5)10-6(16)7-4(20-10)1-19-22(17,18)21-7/h2-4,6-7,10,16-17H,1H2,(H2,11,12,13)(H2,18,19,20);2-4,6-7,10,16H,1H2,(H,17,18)(H2,11,12,13)/t2*4-,6-,7-,10-/m11/s1. The van der Waals surface area contributed by atoms with Gasteiger partial charge in [-0.1, -0.05) is 0 Å². The van der Waals surface area contributed by atoms with E-state index in [4.69, 9.17) is 35.3 Å². The van der Waals surface area contributed by atoms with E-state index in [2.05, 4.69) is 39.0 Å². The molecule has 4 aromatic heterocycles. The molecule has 0 aliphatic carbocycles. The summed E-state index contributed by atoms with van der Waals surface area (Å²) >= 11 is 0. The second-order valence-corrected chi connectivity index (χ2v) is 12.5. The summed E-state index contributed by atoms with van der Waals surface area (Å²) in [6.07, 6.45) is -3.56. The molecule has 3 fully saturated rings. The van der Waals surface area contributed by atoms with Crippen LogP contribution in [-0.4, -0.2) is 119 Å². The Hall–Kier alpha value is -3.28. The van der Waals surface area contributed by atoms with Crippen LogP contribution < -0.4 is 11.5 Å². The number of hydrogen-bond donors (Lipinski definition) is 8. The van der Waals surface area contributed by atoms with Crippen molar-refractivity contribution in [3.63, 3.8) is 0 Å². The molecular formula is C20H26N10O13P2. The molecule has 9 atom stereocenters. The first-order chi connectivity index (χ1) is 21.2. The average Bonchev–Trinajstić information content (AvgIpc) is 3.74. The largest absolute Gasteiger partial charge is 0.472 e. The summed E-state index contributed by atoms with van der Waals surface area (Å²) in [4.78, 5) is 50.5. The van der Waals surface area contributed by atoms with Gasteiger partial charge in [-0.2, -0.15) is 0 Å². The first-order valence-corrected chi connectivity index (χ1v) is 15.8. The molecule has 3 aliphatic heterocycles. The number of phosphoric ester groups is 2. The maximum Gasteiger partial charge on any atom is 0.472 e. The van der Waals surface area contributed by atoms with E-state index in [-0.39, 0.29) is 23.9 Å². The predicted octanol–water partition coefficient (Wildman–Crippen LogP) is -2.68. The lowest BCUT2D eigenvalue weighted by Crippen LogP contribution is -2.39. The Morgan fingerprint density at radius 1 is 0.889 bits per heavy atom. The van der Waals surface area contributed by atoms with Gasteiger partial charge in [-0.25, -0.2) is 39.0 Å². The number of rotatable bonds is 5. The van der Waals surface area contributed by atoms with Gasteiger partial charge in [-0.15, -0.1) is 0 Å². The predicted molar refractivity (Wildman–Crippen MR) is 144 cm³/mol. The molecule has 0 aromatic carbocycles. The summed E-state index contributed by atoms with van der Waals surface area (Å²) in [5, 5.41) is 30.4. The molecule has 3 saturated heterocycles. The highest BCUT2D eigenvalue weighted by molar-refractivity contribution is 7.47. The summed E-state index contributed by atoms with van der Waals surface area (Å²) in [5.74, 6) is 0.344. The molecule has 3 aliphatic rings. The second-order valence-electron chi connectivity index (χ2n) is 9.89. The normalized spacial score (nSPS) is 33.3. The molecule has 1 unspecified atom stereocenters. The van der Waals surface area contributed by atoms with Crippen LogP contribution in [0.15, 0.2) is 25.3 Å². The number of anilines is 2. The average molecular weight is 676 g/mol. The van der Waals surface area contributed by atoms with Gasteiger partial charge >= 0.3 is 15.6 Å². The van der Waals surface area contributed by atoms with Gasteiger partial charge in [0.25, 0.3) is 0 Å². The third kappa shape index (κ3) is 6.14. The fourth-order valence-electron chi connectivity index (χ4n) is 4.95. The van der Waals surface area contributed by atoms with E-state index >= 15 is 0 Å². The lowest BCUT2D eigenvalue weighted by molar-refractivity contribution is -0.0664. The molecule has 244 valence electrons. The maximum absolute atomic E-state index is 11.5. The van der Waals surface area contributed by atoms with Gasteiger partial charge in [0.15, 0.2) is 35.4 Å². The quantitative estimate of drug-likeness (QED) is 0.0998. The van der Waals surface area contributed by atoms with Crippen molar-refractivity contribution in [1.82, 2.24) is 39.0 Å². The van der Waals surface area contributed by atoms with E-state index in [0.717, 1.165) is 0 Å². The van der Waals surface area contributed by atoms with Crippen LogP contribution in [0.5, 0.6) is 0 Å². The Morgan fingerprint density at radius 3 is 2.00 bits per heavy atom. The second kappa shape index (κ2) is 11.8. The topological polar surface area (TPSA) is 341 Å². The Kier molecular flexibility index (Phi) is 8.33. The molecule has 7 rings (SSSR count). The SMILES string of the molecule is Nc1ncnc2c1ncn2[C@@H]1O[C@@H]2COP(=O)(O)O[C@H]2[C@H]1O.Nc1ncnc2c1ncn2[C@@H]1O[C@H](COP(=O)(O)O)[C@@H](O)[C@H]1O. The van der Waals surface area contributed by atoms with Gasteiger partial charge in [-0.05, 0) is 0 Å². The molecule has 25 heteroatoms. The van der Waals surface area contributed by atoms with Crippen LogP contribution in [0.1, 0.15) is 12.5 Å². The maximum atomic E-state index is 11.5. The van der Waals surface area contributed by atoms with E-state index < -0.39 is 71.3 Å². The summed E-state index contributed by atoms with van der Waals surface area (Å²) in [6.45, 7) is -0.751. The van der Waals surface area contributed by atoms with Gasteiger partial charge < -0.3 is 50.9 Å². The zero-order chi connectivity index (χ0) is 32.3. The first kappa shape index (κ1) is 31.7. The van der Waals surface area contributed by atoms with Gasteiger partial charge in [0.1, 0.15) is 60.3 Å². The van der Waals surface area contributed by atoms with E-state index in [0.29, 0.717) is 16.7 Å². The van der Waals surface area contributed by atoms with Crippen LogP contribution in [0.2, 0.25) is 0 Å². The van der Waals surface area contributed by atoms with Crippen molar-refractivity contribution in [2.24, 2.45) is 0 Å². The minimum atomic E-state index is -4.72. The molecule has 7 heterocycles. The minimum absolute atomic E-state index is 0.142. The highest BCUT2D eigenvalue weighted by Gasteiger charge is 2.52. The molecule has 45 heavy (non-hydrogen) atoms. The number of ether oxygens (including phenoxy) is 2. The smallest absolute Gasteiger partial charge is 0.387 e. The van der Waals surface area contributed by atoms with Crippen LogP contribution in [0, 0.1) is 0 Å². The Balaban J connectivity index is 0.000000159. The first-order valence-electron chi connectivity index (χ1n) is 12.8. The zero-order valence-corrected chi connectivity index (χ0v) is 24.3. The number of aromatic nitrogens is 8. The van der Waals surface area contributed by atoms with E-state index in [1.54, 1.807) is 0 Å². The van der Waals surface area contributed by atoms with Gasteiger partial charge in [0.2, 0.25) is 0 Å². The molecule has 0 bridgehead atoms. The number of imidazole rings is 2. The van der Waals surface area contributed by atoms with Crippen LogP contribution in [0.3, 0.4) is 0 Å². The van der Waals surface area contributed by atoms with Crippen molar-refractivity contribution >= 4 is 49.6 Å². The molecular weight excluding hydrogens is 650 g/mol. The van der Waals surface area contributed by atoms with Crippen molar-refractivity contribution in [2.75, 3.05) is 24.7 Å². The number of nitrogens with two attached hydrogens (primary N) is 2. The Morgan fingerprint density at radius 2 is 1.44 bits per heavy atom. The number of nitrogen functional groups attached to an aromatic ring is 2. The minimum Gasteiger partial charge on any atom is -0.387 e. The van der Waals surface area contributed by atoms with Crippen molar-refractivity contribution in [2.45, 2.75) is 49.1 Å². The monoisotopic (exact) mass is 676 g/mol.